The van der Waals surface area contributed by atoms with Crippen LogP contribution in [-0.2, 0) is 0 Å². The lowest BCUT2D eigenvalue weighted by atomic mass is 9.91. The SMILES string of the molecule is O=c1[nH]c2ccccc2c(-c2ccc(Br)cc2)c1C1=NNC(c2ccc(Cl)cc2)C1. The van der Waals surface area contributed by atoms with E-state index in [4.69, 9.17) is 11.6 Å². The number of nitrogens with zero attached hydrogens (tertiary/aromatic N) is 1. The molecule has 1 unspecified atom stereocenters. The first-order valence-electron chi connectivity index (χ1n) is 9.59. The van der Waals surface area contributed by atoms with E-state index in [1.54, 1.807) is 0 Å². The van der Waals surface area contributed by atoms with E-state index in [1.165, 1.54) is 0 Å². The van der Waals surface area contributed by atoms with Gasteiger partial charge in [-0.15, -0.1) is 0 Å². The van der Waals surface area contributed by atoms with Crippen molar-refractivity contribution in [1.82, 2.24) is 10.4 Å². The zero-order valence-corrected chi connectivity index (χ0v) is 18.2. The van der Waals surface area contributed by atoms with Gasteiger partial charge >= 0.3 is 0 Å². The standard InChI is InChI=1S/C24H17BrClN3O/c25-16-9-5-15(6-10-16)22-18-3-1-2-4-19(18)27-24(30)23(22)21-13-20(28-29-21)14-7-11-17(26)12-8-14/h1-12,20,28H,13H2,(H,27,30). The summed E-state index contributed by atoms with van der Waals surface area (Å²) in [6.45, 7) is 0. The molecule has 1 aromatic heterocycles. The minimum atomic E-state index is -0.135. The van der Waals surface area contributed by atoms with Crippen LogP contribution in [0.15, 0.2) is 87.2 Å². The van der Waals surface area contributed by atoms with Crippen LogP contribution >= 0.6 is 27.5 Å². The van der Waals surface area contributed by atoms with Gasteiger partial charge in [0.15, 0.2) is 0 Å². The molecule has 4 nitrogen and oxygen atoms in total. The van der Waals surface area contributed by atoms with Gasteiger partial charge in [-0.2, -0.15) is 5.10 Å². The molecule has 0 saturated heterocycles. The average Bonchev–Trinajstić information content (AvgIpc) is 3.23. The van der Waals surface area contributed by atoms with Crippen LogP contribution in [0, 0.1) is 0 Å². The highest BCUT2D eigenvalue weighted by Crippen LogP contribution is 2.33. The number of fused-ring (bicyclic) bond motifs is 1. The Hall–Kier alpha value is -2.89. The molecule has 4 aromatic rings. The predicted molar refractivity (Wildman–Crippen MR) is 126 cm³/mol. The lowest BCUT2D eigenvalue weighted by Gasteiger charge is -2.14. The largest absolute Gasteiger partial charge is 0.321 e. The number of rotatable bonds is 3. The van der Waals surface area contributed by atoms with E-state index in [9.17, 15) is 4.79 Å². The number of aromatic amines is 1. The van der Waals surface area contributed by atoms with E-state index in [1.807, 2.05) is 72.8 Å². The fourth-order valence-corrected chi connectivity index (χ4v) is 4.31. The van der Waals surface area contributed by atoms with Crippen molar-refractivity contribution in [1.29, 1.82) is 0 Å². The van der Waals surface area contributed by atoms with Crippen LogP contribution in [0.3, 0.4) is 0 Å². The maximum atomic E-state index is 13.2. The summed E-state index contributed by atoms with van der Waals surface area (Å²) in [5.74, 6) is 0. The summed E-state index contributed by atoms with van der Waals surface area (Å²) < 4.78 is 0.990. The lowest BCUT2D eigenvalue weighted by molar-refractivity contribution is 0.620. The third-order valence-electron chi connectivity index (χ3n) is 5.37. The fraction of sp³-hybridized carbons (Fsp3) is 0.0833. The maximum absolute atomic E-state index is 13.2. The Kier molecular flexibility index (Phi) is 4.93. The average molecular weight is 479 g/mol. The molecular formula is C24H17BrClN3O. The summed E-state index contributed by atoms with van der Waals surface area (Å²) >= 11 is 9.52. The highest BCUT2D eigenvalue weighted by molar-refractivity contribution is 9.10. The van der Waals surface area contributed by atoms with Crippen molar-refractivity contribution in [3.8, 4) is 11.1 Å². The summed E-state index contributed by atoms with van der Waals surface area (Å²) in [5, 5.41) is 6.25. The topological polar surface area (TPSA) is 57.2 Å². The smallest absolute Gasteiger partial charge is 0.258 e. The van der Waals surface area contributed by atoms with Gasteiger partial charge in [0.1, 0.15) is 0 Å². The molecule has 2 heterocycles. The second kappa shape index (κ2) is 7.74. The van der Waals surface area contributed by atoms with Crippen molar-refractivity contribution in [2.45, 2.75) is 12.5 Å². The van der Waals surface area contributed by atoms with Crippen LogP contribution in [0.4, 0.5) is 0 Å². The van der Waals surface area contributed by atoms with Gasteiger partial charge in [0.25, 0.3) is 5.56 Å². The number of para-hydroxylation sites is 1. The van der Waals surface area contributed by atoms with E-state index in [-0.39, 0.29) is 11.6 Å². The minimum Gasteiger partial charge on any atom is -0.321 e. The first kappa shape index (κ1) is 19.1. The Morgan fingerprint density at radius 1 is 0.933 bits per heavy atom. The zero-order valence-electron chi connectivity index (χ0n) is 15.8. The van der Waals surface area contributed by atoms with Gasteiger partial charge in [0.05, 0.1) is 17.3 Å². The van der Waals surface area contributed by atoms with Crippen molar-refractivity contribution in [3.63, 3.8) is 0 Å². The summed E-state index contributed by atoms with van der Waals surface area (Å²) in [4.78, 5) is 16.2. The number of nitrogens with one attached hydrogen (secondary N) is 2. The molecule has 0 fully saturated rings. The van der Waals surface area contributed by atoms with Crippen molar-refractivity contribution in [2.24, 2.45) is 5.10 Å². The van der Waals surface area contributed by atoms with E-state index >= 15 is 0 Å². The van der Waals surface area contributed by atoms with Crippen molar-refractivity contribution < 1.29 is 0 Å². The molecule has 0 amide bonds. The van der Waals surface area contributed by atoms with Crippen molar-refractivity contribution in [3.05, 3.63) is 104 Å². The summed E-state index contributed by atoms with van der Waals surface area (Å²) in [5.41, 5.74) is 8.19. The predicted octanol–water partition coefficient (Wildman–Crippen LogP) is 6.05. The number of halogens is 2. The molecule has 0 saturated carbocycles. The number of hydrogen-bond acceptors (Lipinski definition) is 3. The highest BCUT2D eigenvalue weighted by atomic mass is 79.9. The molecule has 2 N–H and O–H groups in total. The van der Waals surface area contributed by atoms with Gasteiger partial charge in [-0.25, -0.2) is 0 Å². The Morgan fingerprint density at radius 2 is 1.67 bits per heavy atom. The number of aromatic nitrogens is 1. The quantitative estimate of drug-likeness (QED) is 0.376. The molecule has 0 aliphatic carbocycles. The number of pyridine rings is 1. The third kappa shape index (κ3) is 3.44. The fourth-order valence-electron chi connectivity index (χ4n) is 3.92. The monoisotopic (exact) mass is 477 g/mol. The third-order valence-corrected chi connectivity index (χ3v) is 6.15. The summed E-state index contributed by atoms with van der Waals surface area (Å²) in [7, 11) is 0. The molecular weight excluding hydrogens is 462 g/mol. The number of hydrazone groups is 1. The van der Waals surface area contributed by atoms with E-state index in [0.29, 0.717) is 17.0 Å². The number of benzene rings is 3. The van der Waals surface area contributed by atoms with E-state index < -0.39 is 0 Å². The Morgan fingerprint density at radius 3 is 2.43 bits per heavy atom. The molecule has 6 heteroatoms. The van der Waals surface area contributed by atoms with Crippen LogP contribution < -0.4 is 11.0 Å². The number of hydrogen-bond donors (Lipinski definition) is 2. The molecule has 0 spiro atoms. The molecule has 0 bridgehead atoms. The van der Waals surface area contributed by atoms with Gasteiger partial charge in [-0.3, -0.25) is 4.79 Å². The molecule has 3 aromatic carbocycles. The van der Waals surface area contributed by atoms with E-state index in [2.05, 4.69) is 31.4 Å². The van der Waals surface area contributed by atoms with Gasteiger partial charge < -0.3 is 10.4 Å². The van der Waals surface area contributed by atoms with E-state index in [0.717, 1.165) is 37.8 Å². The molecule has 148 valence electrons. The summed E-state index contributed by atoms with van der Waals surface area (Å²) in [6, 6.07) is 23.6. The van der Waals surface area contributed by atoms with Crippen molar-refractivity contribution in [2.75, 3.05) is 0 Å². The van der Waals surface area contributed by atoms with Crippen LogP contribution in [0.5, 0.6) is 0 Å². The van der Waals surface area contributed by atoms with Crippen LogP contribution in [0.1, 0.15) is 23.6 Å². The summed E-state index contributed by atoms with van der Waals surface area (Å²) in [6.07, 6.45) is 0.618. The first-order chi connectivity index (χ1) is 14.6. The first-order valence-corrected chi connectivity index (χ1v) is 10.8. The van der Waals surface area contributed by atoms with Gasteiger partial charge in [0.2, 0.25) is 0 Å². The van der Waals surface area contributed by atoms with Gasteiger partial charge in [-0.1, -0.05) is 70.0 Å². The molecule has 1 atom stereocenters. The lowest BCUT2D eigenvalue weighted by Crippen LogP contribution is -2.20. The van der Waals surface area contributed by atoms with Gasteiger partial charge in [-0.05, 0) is 41.5 Å². The zero-order chi connectivity index (χ0) is 20.7. The van der Waals surface area contributed by atoms with Crippen LogP contribution in [0.25, 0.3) is 22.0 Å². The van der Waals surface area contributed by atoms with Gasteiger partial charge in [0, 0.05) is 32.4 Å². The second-order valence-electron chi connectivity index (χ2n) is 7.25. The van der Waals surface area contributed by atoms with Crippen molar-refractivity contribution >= 4 is 44.1 Å². The normalized spacial score (nSPS) is 15.8. The molecule has 0 radical (unpaired) electrons. The maximum Gasteiger partial charge on any atom is 0.258 e. The minimum absolute atomic E-state index is 0.000838. The van der Waals surface area contributed by atoms with Crippen LogP contribution in [-0.4, -0.2) is 10.7 Å². The molecule has 5 rings (SSSR count). The Labute approximate surface area is 186 Å². The Balaban J connectivity index is 1.65. The molecule has 1 aliphatic rings. The molecule has 1 aliphatic heterocycles. The number of H-pyrrole nitrogens is 1. The molecule has 30 heavy (non-hydrogen) atoms. The Bertz CT molecular complexity index is 1330. The second-order valence-corrected chi connectivity index (χ2v) is 8.60. The van der Waals surface area contributed by atoms with Crippen LogP contribution in [0.2, 0.25) is 5.02 Å². The highest BCUT2D eigenvalue weighted by Gasteiger charge is 2.26.